The molecule has 0 aliphatic heterocycles. The molecule has 0 bridgehead atoms. The fourth-order valence-corrected chi connectivity index (χ4v) is 1.07. The highest BCUT2D eigenvalue weighted by molar-refractivity contribution is 7.80. The lowest BCUT2D eigenvalue weighted by atomic mass is 10.2. The molecule has 0 atom stereocenters. The maximum absolute atomic E-state index is 4.10. The predicted octanol–water partition coefficient (Wildman–Crippen LogP) is 1.71. The third-order valence-corrected chi connectivity index (χ3v) is 1.68. The van der Waals surface area contributed by atoms with Crippen LogP contribution in [0, 0.1) is 0 Å². The van der Waals surface area contributed by atoms with E-state index in [0.717, 1.165) is 18.8 Å². The van der Waals surface area contributed by atoms with Crippen molar-refractivity contribution in [3.63, 3.8) is 0 Å². The maximum Gasteiger partial charge on any atom is 0.0205 e. The second-order valence-corrected chi connectivity index (χ2v) is 2.83. The molecule has 60 valence electrons. The minimum absolute atomic E-state index is 0.896. The molecule has 1 N–H and O–H groups in total. The Bertz CT molecular complexity index is 186. The van der Waals surface area contributed by atoms with Gasteiger partial charge in [-0.2, -0.15) is 12.6 Å². The average Bonchev–Trinajstić information content (AvgIpc) is 2.07. The van der Waals surface area contributed by atoms with Crippen molar-refractivity contribution < 1.29 is 0 Å². The third-order valence-electron chi connectivity index (χ3n) is 1.46. The molecular weight excluding hydrogens is 154 g/mol. The first-order valence-electron chi connectivity index (χ1n) is 3.79. The second-order valence-electron chi connectivity index (χ2n) is 2.39. The second kappa shape index (κ2) is 5.22. The van der Waals surface area contributed by atoms with Gasteiger partial charge in [-0.1, -0.05) is 30.3 Å². The number of hydrogen-bond acceptors (Lipinski definition) is 2. The van der Waals surface area contributed by atoms with Crippen LogP contribution < -0.4 is 5.32 Å². The van der Waals surface area contributed by atoms with Crippen LogP contribution in [0.25, 0.3) is 0 Å². The van der Waals surface area contributed by atoms with E-state index in [1.807, 2.05) is 6.07 Å². The summed E-state index contributed by atoms with van der Waals surface area (Å²) in [4.78, 5) is 0. The maximum atomic E-state index is 4.10. The van der Waals surface area contributed by atoms with Gasteiger partial charge in [0.1, 0.15) is 0 Å². The van der Waals surface area contributed by atoms with Crippen LogP contribution in [-0.2, 0) is 6.54 Å². The molecule has 0 unspecified atom stereocenters. The third kappa shape index (κ3) is 3.44. The zero-order valence-electron chi connectivity index (χ0n) is 6.46. The summed E-state index contributed by atoms with van der Waals surface area (Å²) in [7, 11) is 0. The van der Waals surface area contributed by atoms with E-state index in [-0.39, 0.29) is 0 Å². The number of hydrogen-bond donors (Lipinski definition) is 2. The summed E-state index contributed by atoms with van der Waals surface area (Å²) in [5, 5.41) is 3.27. The summed E-state index contributed by atoms with van der Waals surface area (Å²) >= 11 is 4.10. The van der Waals surface area contributed by atoms with Crippen molar-refractivity contribution in [2.24, 2.45) is 0 Å². The lowest BCUT2D eigenvalue weighted by molar-refractivity contribution is 0.733. The van der Waals surface area contributed by atoms with Crippen LogP contribution in [0.5, 0.6) is 0 Å². The first-order chi connectivity index (χ1) is 5.43. The molecule has 0 aliphatic rings. The van der Waals surface area contributed by atoms with Crippen molar-refractivity contribution in [3.8, 4) is 0 Å². The Morgan fingerprint density at radius 1 is 1.18 bits per heavy atom. The van der Waals surface area contributed by atoms with Crippen molar-refractivity contribution >= 4 is 12.6 Å². The zero-order chi connectivity index (χ0) is 7.94. The highest BCUT2D eigenvalue weighted by Gasteiger charge is 1.87. The molecule has 0 saturated carbocycles. The first kappa shape index (κ1) is 8.62. The van der Waals surface area contributed by atoms with Crippen LogP contribution >= 0.6 is 12.6 Å². The zero-order valence-corrected chi connectivity index (χ0v) is 7.35. The van der Waals surface area contributed by atoms with E-state index in [1.54, 1.807) is 0 Å². The molecule has 1 nitrogen and oxygen atoms in total. The van der Waals surface area contributed by atoms with Crippen LogP contribution in [0.1, 0.15) is 5.56 Å². The smallest absolute Gasteiger partial charge is 0.0205 e. The van der Waals surface area contributed by atoms with E-state index in [4.69, 9.17) is 0 Å². The monoisotopic (exact) mass is 167 g/mol. The molecule has 0 amide bonds. The van der Waals surface area contributed by atoms with Gasteiger partial charge in [0.25, 0.3) is 0 Å². The van der Waals surface area contributed by atoms with E-state index < -0.39 is 0 Å². The van der Waals surface area contributed by atoms with Gasteiger partial charge in [-0.3, -0.25) is 0 Å². The minimum atomic E-state index is 0.896. The largest absolute Gasteiger partial charge is 0.312 e. The van der Waals surface area contributed by atoms with E-state index in [2.05, 4.69) is 42.2 Å². The fourth-order valence-electron chi connectivity index (χ4n) is 0.908. The van der Waals surface area contributed by atoms with E-state index in [1.165, 1.54) is 5.56 Å². The normalized spacial score (nSPS) is 9.91. The Morgan fingerprint density at radius 3 is 2.55 bits per heavy atom. The average molecular weight is 167 g/mol. The molecule has 1 aromatic rings. The van der Waals surface area contributed by atoms with Crippen molar-refractivity contribution in [3.05, 3.63) is 35.9 Å². The summed E-state index contributed by atoms with van der Waals surface area (Å²) in [6.45, 7) is 1.92. The quantitative estimate of drug-likeness (QED) is 0.514. The van der Waals surface area contributed by atoms with E-state index >= 15 is 0 Å². The molecule has 0 radical (unpaired) electrons. The first-order valence-corrected chi connectivity index (χ1v) is 4.42. The van der Waals surface area contributed by atoms with Gasteiger partial charge in [-0.25, -0.2) is 0 Å². The Hall–Kier alpha value is -0.470. The highest BCUT2D eigenvalue weighted by Crippen LogP contribution is 1.96. The summed E-state index contributed by atoms with van der Waals surface area (Å²) < 4.78 is 0. The molecule has 0 aliphatic carbocycles. The molecule has 0 fully saturated rings. The molecule has 0 aromatic heterocycles. The molecular formula is C9H13NS. The lowest BCUT2D eigenvalue weighted by Gasteiger charge is -2.01. The van der Waals surface area contributed by atoms with E-state index in [9.17, 15) is 0 Å². The van der Waals surface area contributed by atoms with Crippen LogP contribution in [0.2, 0.25) is 0 Å². The van der Waals surface area contributed by atoms with Gasteiger partial charge in [-0.05, 0) is 5.56 Å². The summed E-state index contributed by atoms with van der Waals surface area (Å²) in [5.41, 5.74) is 1.33. The summed E-state index contributed by atoms with van der Waals surface area (Å²) in [6, 6.07) is 10.4. The highest BCUT2D eigenvalue weighted by atomic mass is 32.1. The number of benzene rings is 1. The molecule has 0 heterocycles. The molecule has 11 heavy (non-hydrogen) atoms. The van der Waals surface area contributed by atoms with Crippen LogP contribution in [0.4, 0.5) is 0 Å². The molecule has 0 spiro atoms. The van der Waals surface area contributed by atoms with Crippen molar-refractivity contribution in [1.29, 1.82) is 0 Å². The Balaban J connectivity index is 2.28. The van der Waals surface area contributed by atoms with Gasteiger partial charge >= 0.3 is 0 Å². The molecule has 1 rings (SSSR count). The van der Waals surface area contributed by atoms with Crippen LogP contribution in [0.3, 0.4) is 0 Å². The summed E-state index contributed by atoms with van der Waals surface area (Å²) in [6.07, 6.45) is 0. The van der Waals surface area contributed by atoms with Gasteiger partial charge < -0.3 is 5.32 Å². The van der Waals surface area contributed by atoms with Gasteiger partial charge in [0.2, 0.25) is 0 Å². The minimum Gasteiger partial charge on any atom is -0.312 e. The lowest BCUT2D eigenvalue weighted by Crippen LogP contribution is -2.15. The number of nitrogens with one attached hydrogen (secondary N) is 1. The van der Waals surface area contributed by atoms with Crippen LogP contribution in [0.15, 0.2) is 30.3 Å². The van der Waals surface area contributed by atoms with E-state index in [0.29, 0.717) is 0 Å². The number of rotatable bonds is 4. The van der Waals surface area contributed by atoms with Crippen molar-refractivity contribution in [2.45, 2.75) is 6.54 Å². The molecule has 0 saturated heterocycles. The summed E-state index contributed by atoms with van der Waals surface area (Å²) in [5.74, 6) is 0.896. The SMILES string of the molecule is SCCNCc1ccccc1. The predicted molar refractivity (Wildman–Crippen MR) is 52.0 cm³/mol. The van der Waals surface area contributed by atoms with Crippen molar-refractivity contribution in [1.82, 2.24) is 5.32 Å². The van der Waals surface area contributed by atoms with Crippen LogP contribution in [-0.4, -0.2) is 12.3 Å². The van der Waals surface area contributed by atoms with Crippen molar-refractivity contribution in [2.75, 3.05) is 12.3 Å². The van der Waals surface area contributed by atoms with Gasteiger partial charge in [0.15, 0.2) is 0 Å². The molecule has 1 aromatic carbocycles. The van der Waals surface area contributed by atoms with Gasteiger partial charge in [0.05, 0.1) is 0 Å². The Kier molecular flexibility index (Phi) is 4.09. The number of thiol groups is 1. The Labute approximate surface area is 73.2 Å². The topological polar surface area (TPSA) is 12.0 Å². The van der Waals surface area contributed by atoms with Gasteiger partial charge in [-0.15, -0.1) is 0 Å². The van der Waals surface area contributed by atoms with Gasteiger partial charge in [0, 0.05) is 18.8 Å². The standard InChI is InChI=1S/C9H13NS/c11-7-6-10-8-9-4-2-1-3-5-9/h1-5,10-11H,6-8H2. The fraction of sp³-hybridized carbons (Fsp3) is 0.333. The Morgan fingerprint density at radius 2 is 1.91 bits per heavy atom. The molecule has 2 heteroatoms.